The number of pyridine rings is 1. The molecule has 37 heavy (non-hydrogen) atoms. The molecule has 3 N–H and O–H groups in total. The van der Waals surface area contributed by atoms with Crippen LogP contribution in [0.5, 0.6) is 0 Å². The second kappa shape index (κ2) is 9.23. The quantitative estimate of drug-likeness (QED) is 0.441. The lowest BCUT2D eigenvalue weighted by Gasteiger charge is -2.31. The zero-order valence-corrected chi connectivity index (χ0v) is 20.9. The van der Waals surface area contributed by atoms with E-state index in [2.05, 4.69) is 60.8 Å². The van der Waals surface area contributed by atoms with Gasteiger partial charge in [0, 0.05) is 17.3 Å². The summed E-state index contributed by atoms with van der Waals surface area (Å²) in [5, 5.41) is 17.0. The van der Waals surface area contributed by atoms with Crippen molar-refractivity contribution in [1.29, 1.82) is 0 Å². The Labute approximate surface area is 216 Å². The van der Waals surface area contributed by atoms with Crippen LogP contribution in [-0.4, -0.2) is 54.0 Å². The molecule has 0 saturated carbocycles. The van der Waals surface area contributed by atoms with Crippen molar-refractivity contribution in [3.05, 3.63) is 65.0 Å². The highest BCUT2D eigenvalue weighted by atomic mass is 15.4. The monoisotopic (exact) mass is 493 g/mol. The maximum Gasteiger partial charge on any atom is 0.248 e. The van der Waals surface area contributed by atoms with Crippen molar-refractivity contribution in [2.24, 2.45) is 0 Å². The SMILES string of the molecule is Nc1nc(Nc2cnc3c(c2)CC(N2CCCC2)CC3)nn1-c1cc2c(nn1)-c1ccccc1CCC2. The van der Waals surface area contributed by atoms with Gasteiger partial charge in [0.05, 0.1) is 17.6 Å². The summed E-state index contributed by atoms with van der Waals surface area (Å²) in [6.07, 6.45) is 10.8. The molecule has 3 aliphatic rings. The first-order valence-corrected chi connectivity index (χ1v) is 13.4. The molecule has 9 nitrogen and oxygen atoms in total. The predicted molar refractivity (Wildman–Crippen MR) is 143 cm³/mol. The highest BCUT2D eigenvalue weighted by Crippen LogP contribution is 2.32. The molecule has 0 amide bonds. The summed E-state index contributed by atoms with van der Waals surface area (Å²) in [5.41, 5.74) is 14.3. The molecule has 0 spiro atoms. The van der Waals surface area contributed by atoms with Crippen LogP contribution in [0, 0.1) is 0 Å². The van der Waals surface area contributed by atoms with Crippen molar-refractivity contribution in [1.82, 2.24) is 34.8 Å². The van der Waals surface area contributed by atoms with Gasteiger partial charge < -0.3 is 16.0 Å². The van der Waals surface area contributed by atoms with Gasteiger partial charge in [0.2, 0.25) is 11.9 Å². The molecule has 9 heteroatoms. The fourth-order valence-corrected chi connectivity index (χ4v) is 6.14. The molecule has 4 aromatic rings. The smallest absolute Gasteiger partial charge is 0.248 e. The minimum absolute atomic E-state index is 0.269. The Bertz CT molecular complexity index is 1450. The summed E-state index contributed by atoms with van der Waals surface area (Å²) in [6, 6.07) is 13.3. The van der Waals surface area contributed by atoms with Gasteiger partial charge in [-0.2, -0.15) is 9.67 Å². The number of nitrogens with one attached hydrogen (secondary N) is 1. The molecule has 1 aromatic carbocycles. The minimum atomic E-state index is 0.269. The number of nitrogens with two attached hydrogens (primary N) is 1. The van der Waals surface area contributed by atoms with Gasteiger partial charge in [-0.3, -0.25) is 4.98 Å². The summed E-state index contributed by atoms with van der Waals surface area (Å²) in [7, 11) is 0. The molecule has 1 fully saturated rings. The molecule has 0 bridgehead atoms. The lowest BCUT2D eigenvalue weighted by molar-refractivity contribution is 0.221. The van der Waals surface area contributed by atoms with E-state index in [1.807, 2.05) is 12.3 Å². The largest absolute Gasteiger partial charge is 0.368 e. The predicted octanol–water partition coefficient (Wildman–Crippen LogP) is 3.89. The third kappa shape index (κ3) is 4.23. The maximum absolute atomic E-state index is 6.27. The van der Waals surface area contributed by atoms with Crippen LogP contribution in [-0.2, 0) is 25.7 Å². The van der Waals surface area contributed by atoms with Crippen LogP contribution in [0.2, 0.25) is 0 Å². The van der Waals surface area contributed by atoms with Crippen LogP contribution in [0.1, 0.15) is 48.1 Å². The van der Waals surface area contributed by atoms with Gasteiger partial charge in [0.15, 0.2) is 5.82 Å². The first-order valence-electron chi connectivity index (χ1n) is 13.4. The topological polar surface area (TPSA) is 111 Å². The molecule has 1 saturated heterocycles. The Hall–Kier alpha value is -3.85. The van der Waals surface area contributed by atoms with Crippen LogP contribution in [0.4, 0.5) is 17.6 Å². The summed E-state index contributed by atoms with van der Waals surface area (Å²) >= 11 is 0. The van der Waals surface area contributed by atoms with E-state index < -0.39 is 0 Å². The molecule has 188 valence electrons. The molecule has 2 aliphatic carbocycles. The third-order valence-corrected chi connectivity index (χ3v) is 8.02. The van der Waals surface area contributed by atoms with Gasteiger partial charge in [-0.15, -0.1) is 15.3 Å². The Morgan fingerprint density at radius 1 is 0.919 bits per heavy atom. The molecule has 1 atom stereocenters. The maximum atomic E-state index is 6.27. The summed E-state index contributed by atoms with van der Waals surface area (Å²) < 4.78 is 1.56. The zero-order chi connectivity index (χ0) is 24.8. The van der Waals surface area contributed by atoms with E-state index in [0.717, 1.165) is 54.6 Å². The van der Waals surface area contributed by atoms with Crippen molar-refractivity contribution in [2.75, 3.05) is 24.1 Å². The van der Waals surface area contributed by atoms with Crippen LogP contribution in [0.25, 0.3) is 17.1 Å². The molecular formula is C28H31N9. The Morgan fingerprint density at radius 3 is 2.70 bits per heavy atom. The van der Waals surface area contributed by atoms with Crippen molar-refractivity contribution in [3.63, 3.8) is 0 Å². The first kappa shape index (κ1) is 22.4. The number of anilines is 3. The molecule has 4 heterocycles. The van der Waals surface area contributed by atoms with E-state index in [-0.39, 0.29) is 5.95 Å². The number of benzene rings is 1. The van der Waals surface area contributed by atoms with E-state index >= 15 is 0 Å². The Balaban J connectivity index is 1.13. The van der Waals surface area contributed by atoms with Crippen molar-refractivity contribution in [3.8, 4) is 17.1 Å². The van der Waals surface area contributed by atoms with Crippen molar-refractivity contribution >= 4 is 17.6 Å². The van der Waals surface area contributed by atoms with Crippen LogP contribution in [0.15, 0.2) is 42.6 Å². The fraction of sp³-hybridized carbons (Fsp3) is 0.393. The standard InChI is InChI=1S/C28H31N9/c29-27-32-28(31-21-14-20-15-22(36-12-3-4-13-36)10-11-24(20)30-17-21)35-37(27)25-16-19-8-5-7-18-6-1-2-9-23(18)26(19)34-33-25/h1-2,6,9,14,16-17,22H,3-5,7-8,10-13,15H2,(H3,29,31,32,35). The highest BCUT2D eigenvalue weighted by Gasteiger charge is 2.27. The lowest BCUT2D eigenvalue weighted by Crippen LogP contribution is -2.37. The van der Waals surface area contributed by atoms with E-state index in [1.54, 1.807) is 4.68 Å². The summed E-state index contributed by atoms with van der Waals surface area (Å²) in [5.74, 6) is 1.27. The number of aryl methyl sites for hydroxylation is 3. The fourth-order valence-electron chi connectivity index (χ4n) is 6.14. The molecule has 1 aliphatic heterocycles. The van der Waals surface area contributed by atoms with Gasteiger partial charge in [-0.1, -0.05) is 24.3 Å². The van der Waals surface area contributed by atoms with Gasteiger partial charge in [0.1, 0.15) is 0 Å². The minimum Gasteiger partial charge on any atom is -0.368 e. The number of hydrogen-bond acceptors (Lipinski definition) is 8. The molecule has 0 radical (unpaired) electrons. The normalized spacial score (nSPS) is 19.1. The lowest BCUT2D eigenvalue weighted by atomic mass is 9.91. The number of nitrogens with zero attached hydrogens (tertiary/aromatic N) is 7. The van der Waals surface area contributed by atoms with Gasteiger partial charge >= 0.3 is 0 Å². The van der Waals surface area contributed by atoms with Crippen molar-refractivity contribution in [2.45, 2.75) is 57.4 Å². The van der Waals surface area contributed by atoms with Gasteiger partial charge in [-0.05, 0) is 93.3 Å². The first-order chi connectivity index (χ1) is 18.2. The van der Waals surface area contributed by atoms with E-state index in [0.29, 0.717) is 17.8 Å². The second-order valence-electron chi connectivity index (χ2n) is 10.4. The Morgan fingerprint density at radius 2 is 1.78 bits per heavy atom. The molecule has 1 unspecified atom stereocenters. The van der Waals surface area contributed by atoms with E-state index in [1.165, 1.54) is 49.2 Å². The average Bonchev–Trinajstić information content (AvgIpc) is 3.54. The van der Waals surface area contributed by atoms with Crippen LogP contribution < -0.4 is 11.1 Å². The number of aromatic nitrogens is 6. The molecule has 3 aromatic heterocycles. The second-order valence-corrected chi connectivity index (χ2v) is 10.4. The highest BCUT2D eigenvalue weighted by molar-refractivity contribution is 5.68. The zero-order valence-electron chi connectivity index (χ0n) is 20.9. The van der Waals surface area contributed by atoms with Gasteiger partial charge in [-0.25, -0.2) is 0 Å². The summed E-state index contributed by atoms with van der Waals surface area (Å²) in [6.45, 7) is 2.45. The van der Waals surface area contributed by atoms with E-state index in [4.69, 9.17) is 10.7 Å². The van der Waals surface area contributed by atoms with Crippen LogP contribution in [0.3, 0.4) is 0 Å². The molecular weight excluding hydrogens is 462 g/mol. The molecule has 7 rings (SSSR count). The van der Waals surface area contributed by atoms with E-state index in [9.17, 15) is 0 Å². The van der Waals surface area contributed by atoms with Gasteiger partial charge in [0.25, 0.3) is 0 Å². The number of likely N-dealkylation sites (tertiary alicyclic amines) is 1. The Kier molecular flexibility index (Phi) is 5.57. The number of hydrogen-bond donors (Lipinski definition) is 2. The number of fused-ring (bicyclic) bond motifs is 4. The number of nitrogen functional groups attached to an aromatic ring is 1. The average molecular weight is 494 g/mol. The van der Waals surface area contributed by atoms with Crippen molar-refractivity contribution < 1.29 is 0 Å². The summed E-state index contributed by atoms with van der Waals surface area (Å²) in [4.78, 5) is 11.8. The third-order valence-electron chi connectivity index (χ3n) is 8.02. The number of rotatable bonds is 4. The van der Waals surface area contributed by atoms with Crippen LogP contribution >= 0.6 is 0 Å².